The molecule has 0 saturated carbocycles. The van der Waals surface area contributed by atoms with Gasteiger partial charge in [0.25, 0.3) is 5.69 Å². The number of hydrogen-bond donors (Lipinski definition) is 0. The zero-order valence-corrected chi connectivity index (χ0v) is 9.00. The largest absolute Gasteiger partial charge is 0.270 e. The van der Waals surface area contributed by atoms with Gasteiger partial charge < -0.3 is 0 Å². The van der Waals surface area contributed by atoms with Gasteiger partial charge in [0.1, 0.15) is 5.82 Å². The molecule has 0 aliphatic heterocycles. The lowest BCUT2D eigenvalue weighted by Crippen LogP contribution is -1.93. The number of nitriles is 1. The maximum absolute atomic E-state index is 13.7. The monoisotopic (exact) mass is 243 g/mol. The summed E-state index contributed by atoms with van der Waals surface area (Å²) in [5.41, 5.74) is 0.207. The summed E-state index contributed by atoms with van der Waals surface area (Å²) >= 11 is 0. The van der Waals surface area contributed by atoms with Crippen molar-refractivity contribution in [3.8, 4) is 17.2 Å². The summed E-state index contributed by atoms with van der Waals surface area (Å²) in [5, 5.41) is 19.6. The molecule has 0 aliphatic carbocycles. The van der Waals surface area contributed by atoms with Crippen LogP contribution in [0.2, 0.25) is 0 Å². The van der Waals surface area contributed by atoms with Crippen molar-refractivity contribution in [1.29, 1.82) is 5.26 Å². The van der Waals surface area contributed by atoms with E-state index < -0.39 is 10.7 Å². The van der Waals surface area contributed by atoms with E-state index in [9.17, 15) is 14.5 Å². The van der Waals surface area contributed by atoms with Crippen LogP contribution in [-0.4, -0.2) is 9.91 Å². The Bertz CT molecular complexity index is 665. The van der Waals surface area contributed by atoms with Crippen molar-refractivity contribution >= 4 is 5.69 Å². The van der Waals surface area contributed by atoms with Crippen LogP contribution in [0, 0.1) is 27.3 Å². The minimum atomic E-state index is -0.634. The molecule has 0 aliphatic rings. The van der Waals surface area contributed by atoms with E-state index in [0.717, 1.165) is 18.2 Å². The smallest absolute Gasteiger partial charge is 0.264 e. The predicted molar refractivity (Wildman–Crippen MR) is 61.0 cm³/mol. The van der Waals surface area contributed by atoms with Crippen LogP contribution < -0.4 is 0 Å². The van der Waals surface area contributed by atoms with Gasteiger partial charge in [-0.25, -0.2) is 4.39 Å². The SMILES string of the molecule is N#Cc1ccncc1-c1cc([N+](=O)[O-])ccc1F. The summed E-state index contributed by atoms with van der Waals surface area (Å²) in [7, 11) is 0. The van der Waals surface area contributed by atoms with E-state index in [1.165, 1.54) is 18.5 Å². The lowest BCUT2D eigenvalue weighted by Gasteiger charge is -2.04. The van der Waals surface area contributed by atoms with Gasteiger partial charge in [-0.05, 0) is 12.1 Å². The van der Waals surface area contributed by atoms with Crippen molar-refractivity contribution in [1.82, 2.24) is 4.98 Å². The zero-order chi connectivity index (χ0) is 13.1. The van der Waals surface area contributed by atoms with Crippen molar-refractivity contribution in [2.45, 2.75) is 0 Å². The number of nitro groups is 1. The molecule has 0 N–H and O–H groups in total. The van der Waals surface area contributed by atoms with Gasteiger partial charge in [-0.3, -0.25) is 15.1 Å². The minimum Gasteiger partial charge on any atom is -0.264 e. The van der Waals surface area contributed by atoms with Gasteiger partial charge in [-0.1, -0.05) is 0 Å². The molecule has 0 spiro atoms. The Balaban J connectivity index is 2.67. The molecular formula is C12H6FN3O2. The molecule has 0 bridgehead atoms. The lowest BCUT2D eigenvalue weighted by atomic mass is 10.0. The fourth-order valence-electron chi connectivity index (χ4n) is 1.54. The normalized spacial score (nSPS) is 9.78. The van der Waals surface area contributed by atoms with Gasteiger partial charge in [-0.2, -0.15) is 5.26 Å². The Labute approximate surface area is 101 Å². The molecule has 0 saturated heterocycles. The van der Waals surface area contributed by atoms with Crippen molar-refractivity contribution in [2.75, 3.05) is 0 Å². The van der Waals surface area contributed by atoms with Gasteiger partial charge in [-0.15, -0.1) is 0 Å². The minimum absolute atomic E-state index is 0.00569. The number of non-ortho nitro benzene ring substituents is 1. The quantitative estimate of drug-likeness (QED) is 0.599. The van der Waals surface area contributed by atoms with Crippen LogP contribution in [0.15, 0.2) is 36.7 Å². The Morgan fingerprint density at radius 3 is 2.78 bits per heavy atom. The second kappa shape index (κ2) is 4.59. The molecular weight excluding hydrogens is 237 g/mol. The van der Waals surface area contributed by atoms with E-state index in [4.69, 9.17) is 5.26 Å². The van der Waals surface area contributed by atoms with E-state index in [1.54, 1.807) is 0 Å². The highest BCUT2D eigenvalue weighted by Crippen LogP contribution is 2.28. The van der Waals surface area contributed by atoms with Crippen LogP contribution >= 0.6 is 0 Å². The summed E-state index contributed by atoms with van der Waals surface area (Å²) < 4.78 is 13.7. The first-order valence-corrected chi connectivity index (χ1v) is 4.92. The van der Waals surface area contributed by atoms with E-state index in [-0.39, 0.29) is 22.4 Å². The summed E-state index contributed by atoms with van der Waals surface area (Å²) in [5.74, 6) is -0.634. The van der Waals surface area contributed by atoms with Gasteiger partial charge >= 0.3 is 0 Å². The lowest BCUT2D eigenvalue weighted by molar-refractivity contribution is -0.384. The molecule has 88 valence electrons. The fourth-order valence-corrected chi connectivity index (χ4v) is 1.54. The number of pyridine rings is 1. The Hall–Kier alpha value is -2.81. The van der Waals surface area contributed by atoms with E-state index in [2.05, 4.69) is 4.98 Å². The molecule has 6 heteroatoms. The average Bonchev–Trinajstić information content (AvgIpc) is 2.39. The van der Waals surface area contributed by atoms with Crippen LogP contribution in [0.25, 0.3) is 11.1 Å². The molecule has 1 aromatic heterocycles. The van der Waals surface area contributed by atoms with Crippen LogP contribution in [-0.2, 0) is 0 Å². The maximum atomic E-state index is 13.7. The molecule has 18 heavy (non-hydrogen) atoms. The van der Waals surface area contributed by atoms with Crippen LogP contribution in [0.5, 0.6) is 0 Å². The maximum Gasteiger partial charge on any atom is 0.270 e. The van der Waals surface area contributed by atoms with Crippen LogP contribution in [0.4, 0.5) is 10.1 Å². The van der Waals surface area contributed by atoms with Crippen LogP contribution in [0.1, 0.15) is 5.56 Å². The van der Waals surface area contributed by atoms with Gasteiger partial charge in [0, 0.05) is 35.7 Å². The van der Waals surface area contributed by atoms with Gasteiger partial charge in [0.15, 0.2) is 0 Å². The number of nitrogens with zero attached hydrogens (tertiary/aromatic N) is 3. The third kappa shape index (κ3) is 2.01. The van der Waals surface area contributed by atoms with Crippen LogP contribution in [0.3, 0.4) is 0 Å². The molecule has 1 aromatic carbocycles. The van der Waals surface area contributed by atoms with Gasteiger partial charge in [0.2, 0.25) is 0 Å². The van der Waals surface area contributed by atoms with E-state index in [0.29, 0.717) is 0 Å². The first kappa shape index (κ1) is 11.7. The topological polar surface area (TPSA) is 79.8 Å². The standard InChI is InChI=1S/C12H6FN3O2/c13-12-2-1-9(16(17)18)5-10(12)11-7-15-4-3-8(11)6-14/h1-5,7H. The molecule has 0 fully saturated rings. The van der Waals surface area contributed by atoms with Crippen molar-refractivity contribution in [2.24, 2.45) is 0 Å². The number of benzene rings is 1. The first-order valence-electron chi connectivity index (χ1n) is 4.92. The number of nitro benzene ring substituents is 1. The molecule has 0 atom stereocenters. The molecule has 0 radical (unpaired) electrons. The summed E-state index contributed by atoms with van der Waals surface area (Å²) in [6.45, 7) is 0. The highest BCUT2D eigenvalue weighted by molar-refractivity contribution is 5.71. The van der Waals surface area contributed by atoms with Gasteiger partial charge in [0.05, 0.1) is 16.6 Å². The third-order valence-electron chi connectivity index (χ3n) is 2.39. The molecule has 2 rings (SSSR count). The molecule has 2 aromatic rings. The van der Waals surface area contributed by atoms with Crippen molar-refractivity contribution < 1.29 is 9.31 Å². The molecule has 0 amide bonds. The van der Waals surface area contributed by atoms with E-state index >= 15 is 0 Å². The third-order valence-corrected chi connectivity index (χ3v) is 2.39. The second-order valence-electron chi connectivity index (χ2n) is 3.45. The predicted octanol–water partition coefficient (Wildman–Crippen LogP) is 2.67. The molecule has 5 nitrogen and oxygen atoms in total. The highest BCUT2D eigenvalue weighted by atomic mass is 19.1. The summed E-state index contributed by atoms with van der Waals surface area (Å²) in [6.07, 6.45) is 2.71. The Morgan fingerprint density at radius 1 is 1.33 bits per heavy atom. The highest BCUT2D eigenvalue weighted by Gasteiger charge is 2.15. The summed E-state index contributed by atoms with van der Waals surface area (Å²) in [6, 6.07) is 6.48. The van der Waals surface area contributed by atoms with E-state index in [1.807, 2.05) is 6.07 Å². The van der Waals surface area contributed by atoms with Crippen molar-refractivity contribution in [3.05, 3.63) is 58.2 Å². The number of rotatable bonds is 2. The number of halogens is 1. The number of hydrogen-bond acceptors (Lipinski definition) is 4. The Kier molecular flexibility index (Phi) is 2.98. The zero-order valence-electron chi connectivity index (χ0n) is 9.00. The molecule has 1 heterocycles. The number of aromatic nitrogens is 1. The van der Waals surface area contributed by atoms with Crippen molar-refractivity contribution in [3.63, 3.8) is 0 Å². The average molecular weight is 243 g/mol. The fraction of sp³-hybridized carbons (Fsp3) is 0. The molecule has 0 unspecified atom stereocenters. The summed E-state index contributed by atoms with van der Waals surface area (Å²) in [4.78, 5) is 13.8. The first-order chi connectivity index (χ1) is 8.63. The second-order valence-corrected chi connectivity index (χ2v) is 3.45. The Morgan fingerprint density at radius 2 is 2.11 bits per heavy atom.